The van der Waals surface area contributed by atoms with Gasteiger partial charge in [-0.25, -0.2) is 0 Å². The van der Waals surface area contributed by atoms with Crippen molar-refractivity contribution < 1.29 is 0 Å². The van der Waals surface area contributed by atoms with Gasteiger partial charge in [-0.1, -0.05) is 35.0 Å². The van der Waals surface area contributed by atoms with Crippen molar-refractivity contribution in [1.29, 1.82) is 0 Å². The molecule has 2 rings (SSSR count). The molecule has 2 N–H and O–H groups in total. The molecule has 0 amide bonds. The normalized spacial score (nSPS) is 17.5. The Bertz CT molecular complexity index is 388. The van der Waals surface area contributed by atoms with Gasteiger partial charge in [-0.3, -0.25) is 4.90 Å². The summed E-state index contributed by atoms with van der Waals surface area (Å²) in [6, 6.07) is 7.66. The number of rotatable bonds is 5. The molecule has 1 saturated carbocycles. The molecule has 1 aromatic carbocycles. The lowest BCUT2D eigenvalue weighted by atomic mass is 10.0. The molecule has 0 spiro atoms. The van der Waals surface area contributed by atoms with Crippen molar-refractivity contribution in [3.05, 3.63) is 33.8 Å². The van der Waals surface area contributed by atoms with Crippen LogP contribution in [0.3, 0.4) is 0 Å². The van der Waals surface area contributed by atoms with Crippen LogP contribution in [0.2, 0.25) is 0 Å². The Morgan fingerprint density at radius 2 is 2.18 bits per heavy atom. The first-order valence-corrected chi connectivity index (χ1v) is 7.18. The van der Waals surface area contributed by atoms with E-state index in [0.717, 1.165) is 12.6 Å². The summed E-state index contributed by atoms with van der Waals surface area (Å²) in [5.41, 5.74) is 8.60. The topological polar surface area (TPSA) is 29.3 Å². The lowest BCUT2D eigenvalue weighted by Crippen LogP contribution is -2.35. The highest BCUT2D eigenvalue weighted by Crippen LogP contribution is 2.36. The third-order valence-corrected chi connectivity index (χ3v) is 4.21. The second-order valence-electron chi connectivity index (χ2n) is 4.84. The lowest BCUT2D eigenvalue weighted by molar-refractivity contribution is 0.201. The molecule has 0 aliphatic heterocycles. The van der Waals surface area contributed by atoms with E-state index in [1.165, 1.54) is 28.4 Å². The van der Waals surface area contributed by atoms with Gasteiger partial charge in [0.2, 0.25) is 0 Å². The van der Waals surface area contributed by atoms with Crippen molar-refractivity contribution in [3.63, 3.8) is 0 Å². The van der Waals surface area contributed by atoms with Crippen LogP contribution in [0.5, 0.6) is 0 Å². The van der Waals surface area contributed by atoms with E-state index in [9.17, 15) is 0 Å². The number of nitrogens with two attached hydrogens (primary N) is 1. The van der Waals surface area contributed by atoms with Crippen LogP contribution in [0.4, 0.5) is 0 Å². The predicted octanol–water partition coefficient (Wildman–Crippen LogP) is 3.24. The molecule has 1 unspecified atom stereocenters. The fourth-order valence-corrected chi connectivity index (χ4v) is 3.24. The predicted molar refractivity (Wildman–Crippen MR) is 76.1 cm³/mol. The molecule has 0 heterocycles. The highest BCUT2D eigenvalue weighted by atomic mass is 79.9. The molecule has 0 aromatic heterocycles. The summed E-state index contributed by atoms with van der Waals surface area (Å²) in [5, 5.41) is 0. The van der Waals surface area contributed by atoms with Gasteiger partial charge in [0.15, 0.2) is 0 Å². The van der Waals surface area contributed by atoms with Gasteiger partial charge in [-0.05, 0) is 43.5 Å². The average Bonchev–Trinajstić information content (AvgIpc) is 3.11. The Balaban J connectivity index is 2.26. The summed E-state index contributed by atoms with van der Waals surface area (Å²) >= 11 is 3.67. The van der Waals surface area contributed by atoms with E-state index in [0.29, 0.717) is 12.6 Å². The van der Waals surface area contributed by atoms with Crippen LogP contribution < -0.4 is 5.73 Å². The Kier molecular flexibility index (Phi) is 4.23. The molecule has 1 atom stereocenters. The van der Waals surface area contributed by atoms with E-state index >= 15 is 0 Å². The molecule has 2 nitrogen and oxygen atoms in total. The largest absolute Gasteiger partial charge is 0.329 e. The van der Waals surface area contributed by atoms with Crippen molar-refractivity contribution in [3.8, 4) is 0 Å². The highest BCUT2D eigenvalue weighted by molar-refractivity contribution is 9.10. The Morgan fingerprint density at radius 1 is 1.47 bits per heavy atom. The number of aryl methyl sites for hydroxylation is 1. The van der Waals surface area contributed by atoms with Gasteiger partial charge < -0.3 is 5.73 Å². The fraction of sp³-hybridized carbons (Fsp3) is 0.571. The third kappa shape index (κ3) is 2.90. The smallest absolute Gasteiger partial charge is 0.0484 e. The van der Waals surface area contributed by atoms with Gasteiger partial charge in [0.05, 0.1) is 0 Å². The Morgan fingerprint density at radius 3 is 2.65 bits per heavy atom. The maximum absolute atomic E-state index is 5.99. The first kappa shape index (κ1) is 13.1. The molecular formula is C14H21BrN2. The van der Waals surface area contributed by atoms with Gasteiger partial charge in [0.25, 0.3) is 0 Å². The van der Waals surface area contributed by atoms with Gasteiger partial charge in [0, 0.05) is 23.1 Å². The second kappa shape index (κ2) is 5.51. The summed E-state index contributed by atoms with van der Waals surface area (Å²) in [4.78, 5) is 2.54. The maximum Gasteiger partial charge on any atom is 0.0484 e. The zero-order chi connectivity index (χ0) is 12.4. The maximum atomic E-state index is 5.99. The first-order valence-electron chi connectivity index (χ1n) is 6.39. The van der Waals surface area contributed by atoms with Crippen LogP contribution in [0.15, 0.2) is 22.7 Å². The van der Waals surface area contributed by atoms with Gasteiger partial charge in [-0.2, -0.15) is 0 Å². The van der Waals surface area contributed by atoms with E-state index in [2.05, 4.69) is 52.9 Å². The molecule has 1 aliphatic rings. The van der Waals surface area contributed by atoms with Gasteiger partial charge >= 0.3 is 0 Å². The summed E-state index contributed by atoms with van der Waals surface area (Å²) in [5.74, 6) is 0. The van der Waals surface area contributed by atoms with Crippen LogP contribution in [-0.2, 0) is 0 Å². The van der Waals surface area contributed by atoms with Crippen LogP contribution in [0, 0.1) is 6.92 Å². The number of halogens is 1. The molecule has 0 bridgehead atoms. The number of benzene rings is 1. The minimum absolute atomic E-state index is 0.350. The molecule has 94 valence electrons. The van der Waals surface area contributed by atoms with Crippen molar-refractivity contribution in [2.75, 3.05) is 13.1 Å². The van der Waals surface area contributed by atoms with Crippen LogP contribution in [-0.4, -0.2) is 24.0 Å². The molecule has 0 saturated heterocycles. The van der Waals surface area contributed by atoms with E-state index in [-0.39, 0.29) is 0 Å². The molecule has 3 heteroatoms. The lowest BCUT2D eigenvalue weighted by Gasteiger charge is -2.31. The standard InChI is InChI=1S/C14H21BrN2/c1-3-17(11-5-6-11)14(9-16)12-7-4-10(2)8-13(12)15/h4,7-8,11,14H,3,5-6,9,16H2,1-2H3. The quantitative estimate of drug-likeness (QED) is 0.904. The summed E-state index contributed by atoms with van der Waals surface area (Å²) in [6.07, 6.45) is 2.65. The first-order chi connectivity index (χ1) is 8.17. The summed E-state index contributed by atoms with van der Waals surface area (Å²) < 4.78 is 1.19. The summed E-state index contributed by atoms with van der Waals surface area (Å²) in [7, 11) is 0. The molecule has 1 fully saturated rings. The van der Waals surface area contributed by atoms with Crippen LogP contribution in [0.25, 0.3) is 0 Å². The number of nitrogens with zero attached hydrogens (tertiary/aromatic N) is 1. The Hall–Kier alpha value is -0.380. The second-order valence-corrected chi connectivity index (χ2v) is 5.69. The molecule has 1 aromatic rings. The van der Waals surface area contributed by atoms with Gasteiger partial charge in [0.1, 0.15) is 0 Å². The van der Waals surface area contributed by atoms with Crippen molar-refractivity contribution in [2.24, 2.45) is 5.73 Å². The monoisotopic (exact) mass is 296 g/mol. The number of hydrogen-bond acceptors (Lipinski definition) is 2. The van der Waals surface area contributed by atoms with Crippen molar-refractivity contribution in [2.45, 2.75) is 38.8 Å². The SMILES string of the molecule is CCN(C1CC1)C(CN)c1ccc(C)cc1Br. The minimum Gasteiger partial charge on any atom is -0.329 e. The zero-order valence-corrected chi connectivity index (χ0v) is 12.2. The number of likely N-dealkylation sites (N-methyl/N-ethyl adjacent to an activating group) is 1. The van der Waals surface area contributed by atoms with E-state index in [1.807, 2.05) is 0 Å². The van der Waals surface area contributed by atoms with E-state index < -0.39 is 0 Å². The Labute approximate surface area is 112 Å². The van der Waals surface area contributed by atoms with Crippen molar-refractivity contribution >= 4 is 15.9 Å². The molecular weight excluding hydrogens is 276 g/mol. The average molecular weight is 297 g/mol. The van der Waals surface area contributed by atoms with Crippen LogP contribution >= 0.6 is 15.9 Å². The van der Waals surface area contributed by atoms with E-state index in [4.69, 9.17) is 5.73 Å². The molecule has 1 aliphatic carbocycles. The van der Waals surface area contributed by atoms with Gasteiger partial charge in [-0.15, -0.1) is 0 Å². The number of hydrogen-bond donors (Lipinski definition) is 1. The van der Waals surface area contributed by atoms with Crippen LogP contribution in [0.1, 0.15) is 36.9 Å². The zero-order valence-electron chi connectivity index (χ0n) is 10.6. The highest BCUT2D eigenvalue weighted by Gasteiger charge is 2.33. The third-order valence-electron chi connectivity index (χ3n) is 3.52. The van der Waals surface area contributed by atoms with E-state index in [1.54, 1.807) is 0 Å². The molecule has 17 heavy (non-hydrogen) atoms. The van der Waals surface area contributed by atoms with Crippen molar-refractivity contribution in [1.82, 2.24) is 4.90 Å². The minimum atomic E-state index is 0.350. The molecule has 0 radical (unpaired) electrons. The summed E-state index contributed by atoms with van der Waals surface area (Å²) in [6.45, 7) is 6.10. The fourth-order valence-electron chi connectivity index (χ4n) is 2.48.